The molecule has 0 aliphatic carbocycles. The maximum atomic E-state index is 13.0. The van der Waals surface area contributed by atoms with Gasteiger partial charge in [-0.1, -0.05) is 221 Å². The summed E-state index contributed by atoms with van der Waals surface area (Å²) in [6.07, 6.45) is 64.2. The van der Waals surface area contributed by atoms with Gasteiger partial charge in [0.2, 0.25) is 5.91 Å². The number of esters is 1. The van der Waals surface area contributed by atoms with Crippen molar-refractivity contribution >= 4 is 11.9 Å². The average molecular weight is 1080 g/mol. The van der Waals surface area contributed by atoms with Crippen LogP contribution in [-0.2, 0) is 23.8 Å². The van der Waals surface area contributed by atoms with Crippen LogP contribution in [-0.4, -0.2) is 100 Å². The first kappa shape index (κ1) is 71.9. The van der Waals surface area contributed by atoms with E-state index in [-0.39, 0.29) is 18.5 Å². The first-order valence-electron chi connectivity index (χ1n) is 31.4. The summed E-state index contributed by atoms with van der Waals surface area (Å²) >= 11 is 0. The van der Waals surface area contributed by atoms with Gasteiger partial charge in [-0.25, -0.2) is 0 Å². The van der Waals surface area contributed by atoms with E-state index in [1.165, 1.54) is 122 Å². The molecule has 1 saturated heterocycles. The Balaban J connectivity index is 2.02. The number of ether oxygens (including phenoxy) is 3. The lowest BCUT2D eigenvalue weighted by Crippen LogP contribution is -2.60. The minimum Gasteiger partial charge on any atom is -0.466 e. The van der Waals surface area contributed by atoms with Crippen LogP contribution in [0.1, 0.15) is 258 Å². The molecule has 1 heterocycles. The molecule has 7 atom stereocenters. The van der Waals surface area contributed by atoms with Crippen molar-refractivity contribution in [2.45, 2.75) is 301 Å². The fourth-order valence-corrected chi connectivity index (χ4v) is 9.23. The van der Waals surface area contributed by atoms with Crippen LogP contribution < -0.4 is 5.32 Å². The molecular formula is C66H115NO10. The molecule has 6 N–H and O–H groups in total. The predicted molar refractivity (Wildman–Crippen MR) is 319 cm³/mol. The summed E-state index contributed by atoms with van der Waals surface area (Å²) in [6.45, 7) is 4.13. The summed E-state index contributed by atoms with van der Waals surface area (Å²) in [5, 5.41) is 54.2. The molecule has 0 aromatic carbocycles. The van der Waals surface area contributed by atoms with Crippen molar-refractivity contribution in [1.82, 2.24) is 5.32 Å². The van der Waals surface area contributed by atoms with Crippen molar-refractivity contribution in [1.29, 1.82) is 0 Å². The van der Waals surface area contributed by atoms with Crippen molar-refractivity contribution in [2.24, 2.45) is 0 Å². The zero-order chi connectivity index (χ0) is 55.9. The zero-order valence-corrected chi connectivity index (χ0v) is 48.9. The maximum absolute atomic E-state index is 13.0. The monoisotopic (exact) mass is 1080 g/mol. The van der Waals surface area contributed by atoms with E-state index in [9.17, 15) is 35.1 Å². The Hall–Kier alpha value is -3.16. The van der Waals surface area contributed by atoms with Crippen LogP contribution in [0.15, 0.2) is 85.1 Å². The number of unbranched alkanes of at least 4 members (excludes halogenated alkanes) is 27. The first-order valence-corrected chi connectivity index (χ1v) is 31.4. The molecule has 1 aliphatic heterocycles. The number of allylic oxidation sites excluding steroid dienone is 13. The van der Waals surface area contributed by atoms with Crippen molar-refractivity contribution in [3.63, 3.8) is 0 Å². The predicted octanol–water partition coefficient (Wildman–Crippen LogP) is 14.9. The van der Waals surface area contributed by atoms with Gasteiger partial charge in [-0.2, -0.15) is 0 Å². The van der Waals surface area contributed by atoms with Crippen LogP contribution in [0.25, 0.3) is 0 Å². The molecule has 444 valence electrons. The molecule has 11 heteroatoms. The summed E-state index contributed by atoms with van der Waals surface area (Å²) < 4.78 is 16.7. The van der Waals surface area contributed by atoms with Crippen LogP contribution >= 0.6 is 0 Å². The summed E-state index contributed by atoms with van der Waals surface area (Å²) in [5.74, 6) is -0.225. The highest BCUT2D eigenvalue weighted by atomic mass is 16.7. The number of hydrogen-bond donors (Lipinski definition) is 6. The standard InChI is InChI=1S/C66H115NO10/c1-3-5-7-9-11-13-15-16-31-34-38-42-46-50-54-62(71)75-55-51-47-43-39-35-32-29-27-25-23-21-19-17-18-20-22-24-26-28-30-33-37-41-45-49-53-61(70)67-58(57-76-66-65(74)64(73)63(72)60(56-68)77-66)59(69)52-48-44-40-36-14-12-10-8-6-4-2/h6,8-9,11,14-16,18-21,36,48,52,58-60,63-66,68-69,72-74H,3-5,7,10,12-13,17,22-35,37-47,49-51,53-57H2,1-2H3,(H,67,70)/b8-6+,11-9-,16-15-,20-18-,21-19-,36-14+,52-48+. The normalized spacial score (nSPS) is 19.2. The molecule has 11 nitrogen and oxygen atoms in total. The van der Waals surface area contributed by atoms with Crippen LogP contribution in [0.2, 0.25) is 0 Å². The number of aliphatic hydroxyl groups excluding tert-OH is 5. The fourth-order valence-electron chi connectivity index (χ4n) is 9.23. The summed E-state index contributed by atoms with van der Waals surface area (Å²) in [5.41, 5.74) is 0. The third kappa shape index (κ3) is 44.3. The van der Waals surface area contributed by atoms with Crippen LogP contribution in [0, 0.1) is 0 Å². The smallest absolute Gasteiger partial charge is 0.305 e. The molecule has 1 rings (SSSR count). The molecule has 0 aromatic heterocycles. The third-order valence-electron chi connectivity index (χ3n) is 14.2. The Labute approximate surface area is 470 Å². The quantitative estimate of drug-likeness (QED) is 0.0195. The summed E-state index contributed by atoms with van der Waals surface area (Å²) in [4.78, 5) is 25.0. The lowest BCUT2D eigenvalue weighted by atomic mass is 9.99. The molecule has 0 bridgehead atoms. The van der Waals surface area contributed by atoms with Crippen LogP contribution in [0.3, 0.4) is 0 Å². The highest BCUT2D eigenvalue weighted by molar-refractivity contribution is 5.76. The van der Waals surface area contributed by atoms with Crippen LogP contribution in [0.5, 0.6) is 0 Å². The lowest BCUT2D eigenvalue weighted by Gasteiger charge is -2.40. The van der Waals surface area contributed by atoms with Gasteiger partial charge in [0.15, 0.2) is 6.29 Å². The second kappa shape index (κ2) is 54.8. The third-order valence-corrected chi connectivity index (χ3v) is 14.2. The van der Waals surface area contributed by atoms with E-state index in [2.05, 4.69) is 92.1 Å². The van der Waals surface area contributed by atoms with E-state index in [1.807, 2.05) is 6.08 Å². The maximum Gasteiger partial charge on any atom is 0.305 e. The van der Waals surface area contributed by atoms with Crippen molar-refractivity contribution in [2.75, 3.05) is 19.8 Å². The fraction of sp³-hybridized carbons (Fsp3) is 0.758. The van der Waals surface area contributed by atoms with Crippen molar-refractivity contribution < 1.29 is 49.3 Å². The second-order valence-electron chi connectivity index (χ2n) is 21.3. The van der Waals surface area contributed by atoms with Gasteiger partial charge in [-0.05, 0) is 109 Å². The molecule has 77 heavy (non-hydrogen) atoms. The van der Waals surface area contributed by atoms with E-state index in [0.717, 1.165) is 109 Å². The highest BCUT2D eigenvalue weighted by Crippen LogP contribution is 2.23. The van der Waals surface area contributed by atoms with E-state index >= 15 is 0 Å². The summed E-state index contributed by atoms with van der Waals surface area (Å²) in [6, 6.07) is -0.840. The summed E-state index contributed by atoms with van der Waals surface area (Å²) in [7, 11) is 0. The molecule has 0 radical (unpaired) electrons. The minimum atomic E-state index is -1.58. The molecule has 7 unspecified atom stereocenters. The van der Waals surface area contributed by atoms with Crippen LogP contribution in [0.4, 0.5) is 0 Å². The van der Waals surface area contributed by atoms with Gasteiger partial charge in [-0.15, -0.1) is 0 Å². The number of nitrogens with one attached hydrogen (secondary N) is 1. The Kier molecular flexibility index (Phi) is 51.1. The minimum absolute atomic E-state index is 0.0181. The Morgan fingerprint density at radius 1 is 0.494 bits per heavy atom. The SMILES string of the molecule is CC/C=C/CC/C=C/CC/C=C/C(O)C(COC1OC(CO)C(O)C(O)C1O)NC(=O)CCCCCCCCCCC/C=C\C/C=C\CCCCCCCCCCCOC(=O)CCCCCCC/C=C\C/C=C\CCCC. The molecule has 1 aliphatic rings. The Bertz CT molecular complexity index is 1550. The average Bonchev–Trinajstić information content (AvgIpc) is 3.43. The van der Waals surface area contributed by atoms with Gasteiger partial charge in [0.05, 0.1) is 32.0 Å². The van der Waals surface area contributed by atoms with Gasteiger partial charge in [-0.3, -0.25) is 9.59 Å². The number of amides is 1. The number of aliphatic hydroxyl groups is 5. The van der Waals surface area contributed by atoms with Crippen molar-refractivity contribution in [3.8, 4) is 0 Å². The topological polar surface area (TPSA) is 175 Å². The number of carbonyl (C=O) groups excluding carboxylic acids is 2. The molecule has 1 fully saturated rings. The van der Waals surface area contributed by atoms with Gasteiger partial charge >= 0.3 is 5.97 Å². The number of carbonyl (C=O) groups is 2. The molecular weight excluding hydrogens is 967 g/mol. The zero-order valence-electron chi connectivity index (χ0n) is 48.9. The van der Waals surface area contributed by atoms with Gasteiger partial charge in [0.1, 0.15) is 24.4 Å². The van der Waals surface area contributed by atoms with Gasteiger partial charge < -0.3 is 45.1 Å². The van der Waals surface area contributed by atoms with Gasteiger partial charge in [0, 0.05) is 12.8 Å². The Morgan fingerprint density at radius 3 is 1.42 bits per heavy atom. The molecule has 0 saturated carbocycles. The first-order chi connectivity index (χ1) is 37.7. The van der Waals surface area contributed by atoms with E-state index in [1.54, 1.807) is 6.08 Å². The van der Waals surface area contributed by atoms with E-state index < -0.39 is 49.5 Å². The molecule has 0 aromatic rings. The molecule has 1 amide bonds. The second-order valence-corrected chi connectivity index (χ2v) is 21.3. The van der Waals surface area contributed by atoms with Gasteiger partial charge in [0.25, 0.3) is 0 Å². The number of hydrogen-bond acceptors (Lipinski definition) is 10. The lowest BCUT2D eigenvalue weighted by molar-refractivity contribution is -0.302. The van der Waals surface area contributed by atoms with Crippen molar-refractivity contribution in [3.05, 3.63) is 85.1 Å². The van der Waals surface area contributed by atoms with E-state index in [0.29, 0.717) is 19.4 Å². The highest BCUT2D eigenvalue weighted by Gasteiger charge is 2.44. The number of rotatable bonds is 53. The molecule has 0 spiro atoms. The Morgan fingerprint density at radius 2 is 0.922 bits per heavy atom. The van der Waals surface area contributed by atoms with E-state index in [4.69, 9.17) is 14.2 Å². The largest absolute Gasteiger partial charge is 0.466 e.